The summed E-state index contributed by atoms with van der Waals surface area (Å²) >= 11 is 0. The molecule has 0 aliphatic rings. The molecule has 4 nitrogen and oxygen atoms in total. The van der Waals surface area contributed by atoms with E-state index < -0.39 is 18.2 Å². The van der Waals surface area contributed by atoms with Crippen LogP contribution in [0.5, 0.6) is 0 Å². The third-order valence-corrected chi connectivity index (χ3v) is 3.84. The zero-order chi connectivity index (χ0) is 16.6. The maximum absolute atomic E-state index is 10.3. The van der Waals surface area contributed by atoms with Crippen molar-refractivity contribution in [3.05, 3.63) is 12.2 Å². The van der Waals surface area contributed by atoms with Gasteiger partial charge in [-0.3, -0.25) is 4.79 Å². The van der Waals surface area contributed by atoms with Crippen molar-refractivity contribution in [2.24, 2.45) is 0 Å². The van der Waals surface area contributed by atoms with Crippen molar-refractivity contribution in [3.8, 4) is 0 Å². The standard InChI is InChI=1S/C18H34O4/c1-2-3-4-10-13-16(19)17(20)14-11-8-6-5-7-9-12-15-18(21)22/h11,14,16-17,19-20H,2-10,12-13,15H2,1H3,(H,21,22)/b14-11+. The first-order valence-electron chi connectivity index (χ1n) is 8.82. The lowest BCUT2D eigenvalue weighted by atomic mass is 10.0. The van der Waals surface area contributed by atoms with Gasteiger partial charge in [-0.05, 0) is 25.7 Å². The third-order valence-electron chi connectivity index (χ3n) is 3.84. The zero-order valence-corrected chi connectivity index (χ0v) is 14.0. The van der Waals surface area contributed by atoms with Crippen LogP contribution in [0.1, 0.15) is 84.0 Å². The molecule has 4 heteroatoms. The monoisotopic (exact) mass is 314 g/mol. The highest BCUT2D eigenvalue weighted by Crippen LogP contribution is 2.11. The molecule has 0 aliphatic heterocycles. The SMILES string of the molecule is CCCCCCC(O)C(O)/C=C/CCCCCCCC(=O)O. The van der Waals surface area contributed by atoms with Gasteiger partial charge in [0.25, 0.3) is 0 Å². The molecule has 0 fully saturated rings. The zero-order valence-electron chi connectivity index (χ0n) is 14.0. The van der Waals surface area contributed by atoms with Gasteiger partial charge >= 0.3 is 5.97 Å². The Kier molecular flexibility index (Phi) is 14.4. The van der Waals surface area contributed by atoms with Gasteiger partial charge in [0.05, 0.1) is 12.2 Å². The summed E-state index contributed by atoms with van der Waals surface area (Å²) in [6.07, 6.45) is 13.4. The maximum Gasteiger partial charge on any atom is 0.303 e. The lowest BCUT2D eigenvalue weighted by molar-refractivity contribution is -0.137. The van der Waals surface area contributed by atoms with E-state index in [2.05, 4.69) is 6.92 Å². The number of rotatable bonds is 15. The van der Waals surface area contributed by atoms with Gasteiger partial charge in [-0.25, -0.2) is 0 Å². The summed E-state index contributed by atoms with van der Waals surface area (Å²) in [6, 6.07) is 0. The Hall–Kier alpha value is -0.870. The molecular formula is C18H34O4. The molecule has 0 saturated heterocycles. The second kappa shape index (κ2) is 15.0. The molecule has 3 N–H and O–H groups in total. The van der Waals surface area contributed by atoms with Crippen LogP contribution in [-0.4, -0.2) is 33.5 Å². The van der Waals surface area contributed by atoms with Gasteiger partial charge in [-0.15, -0.1) is 0 Å². The molecule has 0 aliphatic carbocycles. The van der Waals surface area contributed by atoms with E-state index in [4.69, 9.17) is 5.11 Å². The normalized spacial score (nSPS) is 14.3. The first kappa shape index (κ1) is 21.1. The summed E-state index contributed by atoms with van der Waals surface area (Å²) in [5.74, 6) is -0.717. The van der Waals surface area contributed by atoms with E-state index in [0.717, 1.165) is 51.4 Å². The lowest BCUT2D eigenvalue weighted by Gasteiger charge is -2.14. The lowest BCUT2D eigenvalue weighted by Crippen LogP contribution is -2.23. The average Bonchev–Trinajstić information content (AvgIpc) is 2.49. The predicted octanol–water partition coefficient (Wildman–Crippen LogP) is 4.05. The molecule has 0 aromatic rings. The number of aliphatic hydroxyl groups excluding tert-OH is 2. The largest absolute Gasteiger partial charge is 0.481 e. The van der Waals surface area contributed by atoms with E-state index in [0.29, 0.717) is 6.42 Å². The summed E-state index contributed by atoms with van der Waals surface area (Å²) in [5, 5.41) is 28.1. The number of allylic oxidation sites excluding steroid dienone is 1. The molecule has 0 aromatic heterocycles. The molecule has 0 radical (unpaired) electrons. The van der Waals surface area contributed by atoms with E-state index in [-0.39, 0.29) is 6.42 Å². The van der Waals surface area contributed by atoms with Gasteiger partial charge in [0.15, 0.2) is 0 Å². The molecule has 0 bridgehead atoms. The summed E-state index contributed by atoms with van der Waals surface area (Å²) in [7, 11) is 0. The van der Waals surface area contributed by atoms with E-state index in [1.54, 1.807) is 6.08 Å². The number of hydrogen-bond acceptors (Lipinski definition) is 3. The van der Waals surface area contributed by atoms with Gasteiger partial charge in [0.1, 0.15) is 0 Å². The van der Waals surface area contributed by atoms with Crippen molar-refractivity contribution in [3.63, 3.8) is 0 Å². The molecule has 0 saturated carbocycles. The molecule has 2 atom stereocenters. The molecule has 2 unspecified atom stereocenters. The van der Waals surface area contributed by atoms with Crippen LogP contribution in [0.4, 0.5) is 0 Å². The highest BCUT2D eigenvalue weighted by Gasteiger charge is 2.11. The number of unbranched alkanes of at least 4 members (excludes halogenated alkanes) is 8. The van der Waals surface area contributed by atoms with Gasteiger partial charge in [-0.2, -0.15) is 0 Å². The Morgan fingerprint density at radius 1 is 0.955 bits per heavy atom. The van der Waals surface area contributed by atoms with Crippen LogP contribution in [0, 0.1) is 0 Å². The number of aliphatic hydroxyl groups is 2. The van der Waals surface area contributed by atoms with Crippen LogP contribution in [0.15, 0.2) is 12.2 Å². The predicted molar refractivity (Wildman–Crippen MR) is 89.9 cm³/mol. The van der Waals surface area contributed by atoms with E-state index in [9.17, 15) is 15.0 Å². The van der Waals surface area contributed by atoms with Crippen molar-refractivity contribution >= 4 is 5.97 Å². The second-order valence-electron chi connectivity index (χ2n) is 6.04. The number of hydrogen-bond donors (Lipinski definition) is 3. The Morgan fingerprint density at radius 2 is 1.59 bits per heavy atom. The fraction of sp³-hybridized carbons (Fsp3) is 0.833. The van der Waals surface area contributed by atoms with Crippen molar-refractivity contribution in [2.45, 2.75) is 96.2 Å². The van der Waals surface area contributed by atoms with Crippen molar-refractivity contribution in [2.75, 3.05) is 0 Å². The molecular weight excluding hydrogens is 280 g/mol. The van der Waals surface area contributed by atoms with Crippen LogP contribution in [0.3, 0.4) is 0 Å². The van der Waals surface area contributed by atoms with Crippen molar-refractivity contribution in [1.82, 2.24) is 0 Å². The van der Waals surface area contributed by atoms with Crippen LogP contribution < -0.4 is 0 Å². The molecule has 0 spiro atoms. The summed E-state index contributed by atoms with van der Waals surface area (Å²) in [4.78, 5) is 10.3. The molecule has 0 aromatic carbocycles. The number of carboxylic acid groups (broad SMARTS) is 1. The molecule has 0 amide bonds. The smallest absolute Gasteiger partial charge is 0.303 e. The van der Waals surface area contributed by atoms with Crippen LogP contribution >= 0.6 is 0 Å². The minimum absolute atomic E-state index is 0.266. The number of aliphatic carboxylic acids is 1. The fourth-order valence-corrected chi connectivity index (χ4v) is 2.38. The highest BCUT2D eigenvalue weighted by molar-refractivity contribution is 5.66. The first-order chi connectivity index (χ1) is 10.6. The van der Waals surface area contributed by atoms with Gasteiger partial charge in [-0.1, -0.05) is 64.0 Å². The molecule has 130 valence electrons. The molecule has 0 heterocycles. The Morgan fingerprint density at radius 3 is 2.27 bits per heavy atom. The number of carboxylic acids is 1. The summed E-state index contributed by atoms with van der Waals surface area (Å²) in [5.41, 5.74) is 0. The van der Waals surface area contributed by atoms with Gasteiger partial charge < -0.3 is 15.3 Å². The van der Waals surface area contributed by atoms with Crippen LogP contribution in [-0.2, 0) is 4.79 Å². The van der Waals surface area contributed by atoms with Crippen molar-refractivity contribution in [1.29, 1.82) is 0 Å². The van der Waals surface area contributed by atoms with Crippen LogP contribution in [0.25, 0.3) is 0 Å². The van der Waals surface area contributed by atoms with E-state index in [1.165, 1.54) is 12.8 Å². The molecule has 22 heavy (non-hydrogen) atoms. The number of carbonyl (C=O) groups is 1. The Balaban J connectivity index is 3.48. The van der Waals surface area contributed by atoms with Gasteiger partial charge in [0, 0.05) is 6.42 Å². The minimum Gasteiger partial charge on any atom is -0.481 e. The van der Waals surface area contributed by atoms with Crippen LogP contribution in [0.2, 0.25) is 0 Å². The second-order valence-corrected chi connectivity index (χ2v) is 6.04. The summed E-state index contributed by atoms with van der Waals surface area (Å²) in [6.45, 7) is 2.15. The third kappa shape index (κ3) is 14.1. The topological polar surface area (TPSA) is 77.8 Å². The Bertz CT molecular complexity index is 289. The van der Waals surface area contributed by atoms with Crippen molar-refractivity contribution < 1.29 is 20.1 Å². The average molecular weight is 314 g/mol. The maximum atomic E-state index is 10.3. The molecule has 0 rings (SSSR count). The summed E-state index contributed by atoms with van der Waals surface area (Å²) < 4.78 is 0. The van der Waals surface area contributed by atoms with E-state index >= 15 is 0 Å². The van der Waals surface area contributed by atoms with E-state index in [1.807, 2.05) is 6.08 Å². The first-order valence-corrected chi connectivity index (χ1v) is 8.82. The Labute approximate surface area is 135 Å². The highest BCUT2D eigenvalue weighted by atomic mass is 16.4. The minimum atomic E-state index is -0.753. The quantitative estimate of drug-likeness (QED) is 0.315. The van der Waals surface area contributed by atoms with Gasteiger partial charge in [0.2, 0.25) is 0 Å². The fourth-order valence-electron chi connectivity index (χ4n) is 2.38.